The molecule has 2 heteroatoms. The summed E-state index contributed by atoms with van der Waals surface area (Å²) < 4.78 is 7.19. The van der Waals surface area contributed by atoms with E-state index in [0.29, 0.717) is 0 Å². The Morgan fingerprint density at radius 3 is 1.44 bits per heavy atom. The van der Waals surface area contributed by atoms with Gasteiger partial charge in [-0.1, -0.05) is 224 Å². The maximum Gasteiger partial charge on any atom is 0.159 e. The van der Waals surface area contributed by atoms with Gasteiger partial charge in [0.25, 0.3) is 0 Å². The highest BCUT2D eigenvalue weighted by Gasteiger charge is 2.29. The van der Waals surface area contributed by atoms with Crippen LogP contribution in [0.1, 0.15) is 22.6 Å². The lowest BCUT2D eigenvalue weighted by Gasteiger charge is -2.26. The number of benzene rings is 12. The van der Waals surface area contributed by atoms with Crippen LogP contribution in [0.25, 0.3) is 99.1 Å². The van der Waals surface area contributed by atoms with E-state index >= 15 is 0 Å². The molecule has 71 heavy (non-hydrogen) atoms. The van der Waals surface area contributed by atoms with Gasteiger partial charge in [0.15, 0.2) is 5.58 Å². The van der Waals surface area contributed by atoms with E-state index < -0.39 is 0 Å². The van der Waals surface area contributed by atoms with Gasteiger partial charge in [-0.15, -0.1) is 0 Å². The van der Waals surface area contributed by atoms with Gasteiger partial charge >= 0.3 is 0 Å². The fraction of sp³-hybridized carbons (Fsp3) is 0.0145. The largest absolute Gasteiger partial charge is 0.453 e. The molecule has 0 aliphatic heterocycles. The number of nitrogens with zero attached hydrogens (tertiary/aromatic N) is 1. The Bertz CT molecular complexity index is 4080. The minimum atomic E-state index is 0.243. The van der Waals surface area contributed by atoms with Crippen molar-refractivity contribution >= 4 is 60.5 Å². The standard InChI is InChI=1S/C69H45NO/c1-2-14-51(15-3-1)64-44-55-17-6-7-18-58(55)67-63-23-12-24-65(68(63)71-69(64)67)70(57-41-37-50(38-42-57)54-34-31-45-13-4-5-16-53(45)43-54)56-39-35-49(36-40-56)47-27-25-46(26-28-47)48-29-32-52(33-30-48)66-61-21-10-8-19-59(61)60-20-9-11-22-62(60)66/h1-44,66H. The van der Waals surface area contributed by atoms with Crippen LogP contribution in [0.3, 0.4) is 0 Å². The number of hydrogen-bond donors (Lipinski definition) is 0. The monoisotopic (exact) mass is 903 g/mol. The summed E-state index contributed by atoms with van der Waals surface area (Å²) in [6.07, 6.45) is 0. The van der Waals surface area contributed by atoms with Crippen LogP contribution in [0.5, 0.6) is 0 Å². The fourth-order valence-corrected chi connectivity index (χ4v) is 11.3. The first-order chi connectivity index (χ1) is 35.2. The van der Waals surface area contributed by atoms with Crippen LogP contribution >= 0.6 is 0 Å². The molecule has 0 N–H and O–H groups in total. The maximum atomic E-state index is 7.19. The predicted octanol–water partition coefficient (Wildman–Crippen LogP) is 19.2. The van der Waals surface area contributed by atoms with Crippen molar-refractivity contribution in [3.05, 3.63) is 284 Å². The molecule has 1 heterocycles. The summed E-state index contributed by atoms with van der Waals surface area (Å²) in [4.78, 5) is 2.35. The van der Waals surface area contributed by atoms with Crippen molar-refractivity contribution in [2.24, 2.45) is 0 Å². The molecular formula is C69H45NO. The lowest BCUT2D eigenvalue weighted by molar-refractivity contribution is 0.670. The Hall–Kier alpha value is -9.24. The molecule has 0 saturated heterocycles. The lowest BCUT2D eigenvalue weighted by atomic mass is 9.88. The van der Waals surface area contributed by atoms with Gasteiger partial charge in [0.05, 0.1) is 5.69 Å². The van der Waals surface area contributed by atoms with Crippen LogP contribution in [0.15, 0.2) is 271 Å². The van der Waals surface area contributed by atoms with Crippen LogP contribution < -0.4 is 4.90 Å². The number of hydrogen-bond acceptors (Lipinski definition) is 2. The first kappa shape index (κ1) is 40.8. The van der Waals surface area contributed by atoms with E-state index in [0.717, 1.165) is 55.7 Å². The quantitative estimate of drug-likeness (QED) is 0.151. The molecule has 0 saturated carbocycles. The van der Waals surface area contributed by atoms with Crippen molar-refractivity contribution in [1.82, 2.24) is 0 Å². The molecule has 0 spiro atoms. The molecule has 12 aromatic carbocycles. The van der Waals surface area contributed by atoms with Gasteiger partial charge in [-0.25, -0.2) is 0 Å². The van der Waals surface area contributed by atoms with Gasteiger partial charge in [-0.3, -0.25) is 0 Å². The number of para-hydroxylation sites is 1. The summed E-state index contributed by atoms with van der Waals surface area (Å²) in [5.74, 6) is 0.243. The first-order valence-electron chi connectivity index (χ1n) is 24.5. The van der Waals surface area contributed by atoms with E-state index in [-0.39, 0.29) is 5.92 Å². The average molecular weight is 904 g/mol. The minimum absolute atomic E-state index is 0.243. The first-order valence-corrected chi connectivity index (χ1v) is 24.5. The van der Waals surface area contributed by atoms with Gasteiger partial charge < -0.3 is 9.32 Å². The predicted molar refractivity (Wildman–Crippen MR) is 298 cm³/mol. The van der Waals surface area contributed by atoms with Gasteiger partial charge in [-0.05, 0) is 131 Å². The zero-order valence-electron chi connectivity index (χ0n) is 38.8. The van der Waals surface area contributed by atoms with Crippen molar-refractivity contribution in [3.63, 3.8) is 0 Å². The molecule has 1 aliphatic rings. The van der Waals surface area contributed by atoms with Crippen LogP contribution in [0, 0.1) is 0 Å². The SMILES string of the molecule is c1ccc(-c2cc3ccccc3c3c2oc2c(N(c4ccc(-c5ccc(-c6ccc(C7c8ccccc8-c8ccccc87)cc6)cc5)cc4)c4ccc(-c5ccc6ccccc6c5)cc4)cccc23)cc1. The number of furan rings is 1. The maximum absolute atomic E-state index is 7.19. The molecule has 332 valence electrons. The number of fused-ring (bicyclic) bond motifs is 9. The molecule has 0 atom stereocenters. The van der Waals surface area contributed by atoms with Crippen molar-refractivity contribution in [2.45, 2.75) is 5.92 Å². The molecule has 0 unspecified atom stereocenters. The van der Waals surface area contributed by atoms with Crippen molar-refractivity contribution in [2.75, 3.05) is 4.90 Å². The summed E-state index contributed by atoms with van der Waals surface area (Å²) in [5.41, 5.74) is 20.9. The Morgan fingerprint density at radius 2 is 0.789 bits per heavy atom. The topological polar surface area (TPSA) is 16.4 Å². The summed E-state index contributed by atoms with van der Waals surface area (Å²) in [6.45, 7) is 0. The normalized spacial score (nSPS) is 12.2. The molecule has 14 rings (SSSR count). The molecule has 0 fully saturated rings. The third-order valence-electron chi connectivity index (χ3n) is 14.8. The highest BCUT2D eigenvalue weighted by Crippen LogP contribution is 2.49. The van der Waals surface area contributed by atoms with Crippen molar-refractivity contribution in [3.8, 4) is 55.6 Å². The summed E-state index contributed by atoms with van der Waals surface area (Å²) >= 11 is 0. The van der Waals surface area contributed by atoms with E-state index in [1.807, 2.05) is 0 Å². The average Bonchev–Trinajstić information content (AvgIpc) is 4.01. The highest BCUT2D eigenvalue weighted by atomic mass is 16.3. The molecule has 0 radical (unpaired) electrons. The summed E-state index contributed by atoms with van der Waals surface area (Å²) in [7, 11) is 0. The second kappa shape index (κ2) is 16.8. The van der Waals surface area contributed by atoms with Crippen LogP contribution in [0.4, 0.5) is 17.1 Å². The fourth-order valence-electron chi connectivity index (χ4n) is 11.3. The van der Waals surface area contributed by atoms with Crippen LogP contribution in [-0.4, -0.2) is 0 Å². The van der Waals surface area contributed by atoms with E-state index in [1.165, 1.54) is 77.2 Å². The highest BCUT2D eigenvalue weighted by molar-refractivity contribution is 6.24. The van der Waals surface area contributed by atoms with Crippen LogP contribution in [0.2, 0.25) is 0 Å². The number of anilines is 3. The molecule has 13 aromatic rings. The van der Waals surface area contributed by atoms with Gasteiger partial charge in [0.1, 0.15) is 5.58 Å². The molecule has 1 aromatic heterocycles. The number of rotatable bonds is 8. The second-order valence-corrected chi connectivity index (χ2v) is 18.8. The molecule has 2 nitrogen and oxygen atoms in total. The van der Waals surface area contributed by atoms with E-state index in [1.54, 1.807) is 0 Å². The molecule has 1 aliphatic carbocycles. The second-order valence-electron chi connectivity index (χ2n) is 18.8. The van der Waals surface area contributed by atoms with Gasteiger partial charge in [-0.2, -0.15) is 0 Å². The zero-order chi connectivity index (χ0) is 46.8. The lowest BCUT2D eigenvalue weighted by Crippen LogP contribution is -2.10. The van der Waals surface area contributed by atoms with Crippen molar-refractivity contribution < 1.29 is 4.42 Å². The zero-order valence-corrected chi connectivity index (χ0v) is 38.8. The molecular weight excluding hydrogens is 859 g/mol. The van der Waals surface area contributed by atoms with Crippen LogP contribution in [-0.2, 0) is 0 Å². The Kier molecular flexibility index (Phi) is 9.63. The van der Waals surface area contributed by atoms with E-state index in [9.17, 15) is 0 Å². The summed E-state index contributed by atoms with van der Waals surface area (Å²) in [5, 5.41) is 7.06. The Morgan fingerprint density at radius 1 is 0.296 bits per heavy atom. The van der Waals surface area contributed by atoms with E-state index in [4.69, 9.17) is 4.42 Å². The van der Waals surface area contributed by atoms with Crippen molar-refractivity contribution in [1.29, 1.82) is 0 Å². The smallest absolute Gasteiger partial charge is 0.159 e. The Labute approximate surface area is 413 Å². The Balaban J connectivity index is 0.831. The third-order valence-corrected chi connectivity index (χ3v) is 14.8. The van der Waals surface area contributed by atoms with Gasteiger partial charge in [0, 0.05) is 33.6 Å². The van der Waals surface area contributed by atoms with Gasteiger partial charge in [0.2, 0.25) is 0 Å². The third kappa shape index (κ3) is 6.95. The molecule has 0 bridgehead atoms. The molecule has 0 amide bonds. The van der Waals surface area contributed by atoms with E-state index in [2.05, 4.69) is 272 Å². The minimum Gasteiger partial charge on any atom is -0.453 e. The summed E-state index contributed by atoms with van der Waals surface area (Å²) in [6, 6.07) is 97.1.